The Morgan fingerprint density at radius 3 is 2.54 bits per heavy atom. The Bertz CT molecular complexity index is 1390. The predicted molar refractivity (Wildman–Crippen MR) is 162 cm³/mol. The summed E-state index contributed by atoms with van der Waals surface area (Å²) in [6, 6.07) is 15.6. The highest BCUT2D eigenvalue weighted by atomic mass is 32.2. The van der Waals surface area contributed by atoms with E-state index in [1.807, 2.05) is 55.5 Å². The van der Waals surface area contributed by atoms with E-state index in [2.05, 4.69) is 16.0 Å². The Morgan fingerprint density at radius 1 is 1.08 bits per heavy atom. The molecule has 0 radical (unpaired) electrons. The van der Waals surface area contributed by atoms with E-state index in [0.29, 0.717) is 35.2 Å². The zero-order valence-corrected chi connectivity index (χ0v) is 24.4. The minimum atomic E-state index is -0.455. The van der Waals surface area contributed by atoms with E-state index in [4.69, 9.17) is 17.0 Å². The molecule has 1 aliphatic rings. The van der Waals surface area contributed by atoms with Gasteiger partial charge in [0.05, 0.1) is 24.5 Å². The second-order valence-corrected chi connectivity index (χ2v) is 11.5. The number of esters is 1. The zero-order chi connectivity index (χ0) is 27.9. The SMILES string of the molecule is CCOC(=O)c1c(NC(=O)CSc2cccc(NC(=S)Nc3ccc(C)cc3)c2)sc2c1CCN(C(C)=O)C2. The highest BCUT2D eigenvalue weighted by molar-refractivity contribution is 8.00. The summed E-state index contributed by atoms with van der Waals surface area (Å²) in [5.41, 5.74) is 4.12. The number of rotatable bonds is 8. The molecule has 0 saturated heterocycles. The first-order valence-electron chi connectivity index (χ1n) is 12.5. The zero-order valence-electron chi connectivity index (χ0n) is 22.0. The maximum absolute atomic E-state index is 12.9. The molecule has 0 fully saturated rings. The van der Waals surface area contributed by atoms with Crippen LogP contribution in [0.4, 0.5) is 16.4 Å². The molecule has 3 N–H and O–H groups in total. The number of carbonyl (C=O) groups is 3. The molecule has 11 heteroatoms. The molecule has 0 atom stereocenters. The number of thioether (sulfide) groups is 1. The summed E-state index contributed by atoms with van der Waals surface area (Å²) in [5, 5.41) is 10.2. The number of nitrogens with one attached hydrogen (secondary N) is 3. The van der Waals surface area contributed by atoms with Gasteiger partial charge in [-0.1, -0.05) is 23.8 Å². The summed E-state index contributed by atoms with van der Waals surface area (Å²) in [6.07, 6.45) is 0.546. The standard InChI is InChI=1S/C28H30N4O4S3/c1-4-36-27(35)25-22-12-13-32(18(3)33)15-23(22)39-26(25)31-24(34)16-38-21-7-5-6-20(14-21)30-28(37)29-19-10-8-17(2)9-11-19/h5-11,14H,4,12-13,15-16H2,1-3H3,(H,31,34)(H2,29,30,37). The number of thiophene rings is 1. The van der Waals surface area contributed by atoms with Gasteiger partial charge >= 0.3 is 5.97 Å². The molecule has 4 rings (SSSR count). The van der Waals surface area contributed by atoms with Crippen LogP contribution in [-0.2, 0) is 27.3 Å². The second-order valence-electron chi connectivity index (χ2n) is 8.93. The fraction of sp³-hybridized carbons (Fsp3) is 0.286. The van der Waals surface area contributed by atoms with Gasteiger partial charge in [0.25, 0.3) is 0 Å². The third kappa shape index (κ3) is 7.59. The first-order chi connectivity index (χ1) is 18.7. The van der Waals surface area contributed by atoms with Gasteiger partial charge in [0.15, 0.2) is 5.11 Å². The maximum atomic E-state index is 12.9. The van der Waals surface area contributed by atoms with Crippen LogP contribution in [0, 0.1) is 6.92 Å². The quantitative estimate of drug-likeness (QED) is 0.177. The van der Waals surface area contributed by atoms with Crippen molar-refractivity contribution in [1.82, 2.24) is 4.90 Å². The number of benzene rings is 2. The van der Waals surface area contributed by atoms with E-state index in [1.54, 1.807) is 11.8 Å². The molecule has 0 spiro atoms. The van der Waals surface area contributed by atoms with Gasteiger partial charge in [-0.05, 0) is 68.4 Å². The van der Waals surface area contributed by atoms with E-state index < -0.39 is 5.97 Å². The average molecular weight is 583 g/mol. The number of amides is 2. The Hall–Kier alpha value is -3.41. The van der Waals surface area contributed by atoms with E-state index in [1.165, 1.54) is 35.6 Å². The molecule has 0 unspecified atom stereocenters. The van der Waals surface area contributed by atoms with Crippen LogP contribution < -0.4 is 16.0 Å². The molecule has 0 saturated carbocycles. The van der Waals surface area contributed by atoms with Crippen LogP contribution in [0.25, 0.3) is 0 Å². The van der Waals surface area contributed by atoms with E-state index in [0.717, 1.165) is 26.7 Å². The first-order valence-corrected chi connectivity index (χ1v) is 14.7. The number of hydrogen-bond acceptors (Lipinski definition) is 7. The summed E-state index contributed by atoms with van der Waals surface area (Å²) < 4.78 is 5.27. The number of carbonyl (C=O) groups excluding carboxylic acids is 3. The van der Waals surface area contributed by atoms with Crippen LogP contribution in [0.3, 0.4) is 0 Å². The molecule has 3 aromatic rings. The minimum absolute atomic E-state index is 0.0165. The van der Waals surface area contributed by atoms with Gasteiger partial charge in [-0.15, -0.1) is 23.1 Å². The lowest BCUT2D eigenvalue weighted by Gasteiger charge is -2.25. The number of thiocarbonyl (C=S) groups is 1. The van der Waals surface area contributed by atoms with Crippen LogP contribution in [0.1, 0.15) is 40.2 Å². The number of aryl methyl sites for hydroxylation is 1. The van der Waals surface area contributed by atoms with Crippen LogP contribution >= 0.6 is 35.3 Å². The van der Waals surface area contributed by atoms with E-state index >= 15 is 0 Å². The van der Waals surface area contributed by atoms with Crippen LogP contribution in [-0.4, -0.2) is 46.7 Å². The molecule has 0 aliphatic carbocycles. The van der Waals surface area contributed by atoms with Gasteiger partial charge in [-0.25, -0.2) is 4.79 Å². The molecule has 0 bridgehead atoms. The van der Waals surface area contributed by atoms with Gasteiger partial charge in [0.1, 0.15) is 5.00 Å². The molecule has 204 valence electrons. The van der Waals surface area contributed by atoms with Crippen molar-refractivity contribution in [1.29, 1.82) is 0 Å². The van der Waals surface area contributed by atoms with Gasteiger partial charge < -0.3 is 25.6 Å². The number of fused-ring (bicyclic) bond motifs is 1. The van der Waals surface area contributed by atoms with Crippen molar-refractivity contribution in [2.45, 2.75) is 38.6 Å². The molecule has 8 nitrogen and oxygen atoms in total. The van der Waals surface area contributed by atoms with Gasteiger partial charge in [0.2, 0.25) is 11.8 Å². The largest absolute Gasteiger partial charge is 0.462 e. The molecule has 2 amide bonds. The summed E-state index contributed by atoms with van der Waals surface area (Å²) >= 11 is 8.14. The summed E-state index contributed by atoms with van der Waals surface area (Å²) in [6.45, 7) is 6.50. The molecular formula is C28H30N4O4S3. The van der Waals surface area contributed by atoms with Crippen molar-refractivity contribution in [2.24, 2.45) is 0 Å². The Labute approximate surface area is 241 Å². The van der Waals surface area contributed by atoms with E-state index in [-0.39, 0.29) is 24.2 Å². The smallest absolute Gasteiger partial charge is 0.341 e. The fourth-order valence-corrected chi connectivity index (χ4v) is 6.34. The lowest BCUT2D eigenvalue weighted by molar-refractivity contribution is -0.129. The Morgan fingerprint density at radius 2 is 1.82 bits per heavy atom. The van der Waals surface area contributed by atoms with Crippen molar-refractivity contribution >= 4 is 74.6 Å². The number of anilines is 3. The van der Waals surface area contributed by atoms with E-state index in [9.17, 15) is 14.4 Å². The van der Waals surface area contributed by atoms with Gasteiger partial charge in [-0.2, -0.15) is 0 Å². The summed E-state index contributed by atoms with van der Waals surface area (Å²) in [7, 11) is 0. The van der Waals surface area contributed by atoms with Crippen LogP contribution in [0.5, 0.6) is 0 Å². The third-order valence-corrected chi connectivity index (χ3v) is 8.34. The topological polar surface area (TPSA) is 99.8 Å². The average Bonchev–Trinajstić information content (AvgIpc) is 3.26. The number of hydrogen-bond donors (Lipinski definition) is 3. The van der Waals surface area contributed by atoms with Crippen molar-refractivity contribution in [2.75, 3.05) is 34.9 Å². The lowest BCUT2D eigenvalue weighted by Crippen LogP contribution is -2.34. The van der Waals surface area contributed by atoms with Crippen molar-refractivity contribution in [3.05, 3.63) is 70.1 Å². The molecule has 39 heavy (non-hydrogen) atoms. The van der Waals surface area contributed by atoms with Crippen molar-refractivity contribution in [3.8, 4) is 0 Å². The summed E-state index contributed by atoms with van der Waals surface area (Å²) in [4.78, 5) is 41.0. The third-order valence-electron chi connectivity index (χ3n) is 6.01. The number of ether oxygens (including phenoxy) is 1. The van der Waals surface area contributed by atoms with Crippen LogP contribution in [0.15, 0.2) is 53.4 Å². The molecule has 1 aliphatic heterocycles. The van der Waals surface area contributed by atoms with Gasteiger partial charge in [-0.3, -0.25) is 9.59 Å². The van der Waals surface area contributed by atoms with Crippen LogP contribution in [0.2, 0.25) is 0 Å². The molecule has 2 heterocycles. The highest BCUT2D eigenvalue weighted by Gasteiger charge is 2.30. The van der Waals surface area contributed by atoms with Crippen molar-refractivity contribution < 1.29 is 19.1 Å². The minimum Gasteiger partial charge on any atom is -0.462 e. The Balaban J connectivity index is 1.38. The number of nitrogens with zero attached hydrogens (tertiary/aromatic N) is 1. The monoisotopic (exact) mass is 582 g/mol. The predicted octanol–water partition coefficient (Wildman–Crippen LogP) is 5.68. The fourth-order valence-electron chi connectivity index (χ4n) is 4.09. The molecule has 2 aromatic carbocycles. The highest BCUT2D eigenvalue weighted by Crippen LogP contribution is 2.38. The summed E-state index contributed by atoms with van der Waals surface area (Å²) in [5.74, 6) is -0.553. The molecule has 1 aromatic heterocycles. The van der Waals surface area contributed by atoms with Crippen molar-refractivity contribution in [3.63, 3.8) is 0 Å². The van der Waals surface area contributed by atoms with Gasteiger partial charge in [0, 0.05) is 34.6 Å². The maximum Gasteiger partial charge on any atom is 0.341 e. The molecular weight excluding hydrogens is 553 g/mol. The first kappa shape index (κ1) is 28.6. The second kappa shape index (κ2) is 13.1. The lowest BCUT2D eigenvalue weighted by atomic mass is 10.0. The Kier molecular flexibility index (Phi) is 9.60. The normalized spacial score (nSPS) is 12.3.